The van der Waals surface area contributed by atoms with Gasteiger partial charge in [0.1, 0.15) is 6.54 Å². The Morgan fingerprint density at radius 1 is 1.38 bits per heavy atom. The maximum Gasteiger partial charge on any atom is 0.244 e. The molecule has 2 rings (SSSR count). The van der Waals surface area contributed by atoms with E-state index in [1.165, 1.54) is 4.80 Å². The summed E-state index contributed by atoms with van der Waals surface area (Å²) in [4.78, 5) is 13.2. The van der Waals surface area contributed by atoms with E-state index < -0.39 is 0 Å². The molecule has 1 N–H and O–H groups in total. The molecule has 0 aliphatic rings. The van der Waals surface area contributed by atoms with Crippen LogP contribution in [-0.2, 0) is 11.3 Å². The van der Waals surface area contributed by atoms with Crippen LogP contribution < -0.4 is 5.32 Å². The van der Waals surface area contributed by atoms with Gasteiger partial charge < -0.3 is 5.32 Å². The second kappa shape index (κ2) is 6.22. The minimum absolute atomic E-state index is 0.0287. The topological polar surface area (TPSA) is 72.7 Å². The standard InChI is InChI=1S/C14H18ClN5O/c1-4-14(2,3)16-12(21)9-20-18-13(17-19-20)10-7-5-6-8-11(10)15/h5-8H,4,9H2,1-3H3,(H,16,21). The maximum atomic E-state index is 11.9. The number of carbonyl (C=O) groups is 1. The van der Waals surface area contributed by atoms with Crippen LogP contribution >= 0.6 is 11.6 Å². The van der Waals surface area contributed by atoms with Crippen LogP contribution in [0.5, 0.6) is 0 Å². The zero-order valence-corrected chi connectivity index (χ0v) is 13.1. The zero-order valence-electron chi connectivity index (χ0n) is 12.3. The average Bonchev–Trinajstić information content (AvgIpc) is 2.86. The molecular formula is C14H18ClN5O. The second-order valence-corrected chi connectivity index (χ2v) is 5.82. The van der Waals surface area contributed by atoms with E-state index >= 15 is 0 Å². The second-order valence-electron chi connectivity index (χ2n) is 5.41. The summed E-state index contributed by atoms with van der Waals surface area (Å²) in [6.07, 6.45) is 0.842. The molecule has 1 aromatic heterocycles. The van der Waals surface area contributed by atoms with Gasteiger partial charge in [0.15, 0.2) is 0 Å². The lowest BCUT2D eigenvalue weighted by molar-refractivity contribution is -0.123. The molecule has 0 unspecified atom stereocenters. The van der Waals surface area contributed by atoms with Crippen LogP contribution in [0.1, 0.15) is 27.2 Å². The Labute approximate surface area is 128 Å². The smallest absolute Gasteiger partial charge is 0.244 e. The largest absolute Gasteiger partial charge is 0.350 e. The van der Waals surface area contributed by atoms with Gasteiger partial charge in [0.2, 0.25) is 11.7 Å². The molecule has 112 valence electrons. The van der Waals surface area contributed by atoms with Gasteiger partial charge in [-0.05, 0) is 37.6 Å². The van der Waals surface area contributed by atoms with Gasteiger partial charge in [-0.3, -0.25) is 4.79 Å². The Morgan fingerprint density at radius 2 is 2.10 bits per heavy atom. The molecule has 0 aliphatic heterocycles. The number of hydrogen-bond acceptors (Lipinski definition) is 4. The molecule has 0 saturated heterocycles. The first kappa shape index (κ1) is 15.4. The van der Waals surface area contributed by atoms with Crippen molar-refractivity contribution in [3.63, 3.8) is 0 Å². The Morgan fingerprint density at radius 3 is 2.76 bits per heavy atom. The minimum Gasteiger partial charge on any atom is -0.350 e. The molecule has 0 atom stereocenters. The fraction of sp³-hybridized carbons (Fsp3) is 0.429. The first-order valence-electron chi connectivity index (χ1n) is 6.75. The van der Waals surface area contributed by atoms with E-state index in [2.05, 4.69) is 20.7 Å². The lowest BCUT2D eigenvalue weighted by Gasteiger charge is -2.24. The van der Waals surface area contributed by atoms with Crippen LogP contribution in [0.2, 0.25) is 5.02 Å². The molecule has 1 aromatic carbocycles. The third-order valence-corrected chi connectivity index (χ3v) is 3.54. The summed E-state index contributed by atoms with van der Waals surface area (Å²) in [5.74, 6) is 0.258. The molecule has 0 radical (unpaired) electrons. The Bertz CT molecular complexity index is 638. The van der Waals surface area contributed by atoms with Gasteiger partial charge in [-0.2, -0.15) is 4.80 Å². The van der Waals surface area contributed by atoms with Crippen molar-refractivity contribution in [2.45, 2.75) is 39.3 Å². The molecule has 21 heavy (non-hydrogen) atoms. The third kappa shape index (κ3) is 4.01. The van der Waals surface area contributed by atoms with Gasteiger partial charge in [0, 0.05) is 11.1 Å². The van der Waals surface area contributed by atoms with E-state index in [0.717, 1.165) is 6.42 Å². The Balaban J connectivity index is 2.08. The van der Waals surface area contributed by atoms with E-state index in [1.807, 2.05) is 39.0 Å². The maximum absolute atomic E-state index is 11.9. The normalized spacial score (nSPS) is 11.4. The summed E-state index contributed by atoms with van der Waals surface area (Å²) in [7, 11) is 0. The van der Waals surface area contributed by atoms with Crippen molar-refractivity contribution in [1.29, 1.82) is 0 Å². The highest BCUT2D eigenvalue weighted by molar-refractivity contribution is 6.33. The highest BCUT2D eigenvalue weighted by Crippen LogP contribution is 2.23. The molecule has 0 saturated carbocycles. The molecule has 0 spiro atoms. The number of nitrogens with zero attached hydrogens (tertiary/aromatic N) is 4. The fourth-order valence-electron chi connectivity index (χ4n) is 1.69. The number of hydrogen-bond donors (Lipinski definition) is 1. The number of benzene rings is 1. The fourth-order valence-corrected chi connectivity index (χ4v) is 1.91. The SMILES string of the molecule is CCC(C)(C)NC(=O)Cn1nnc(-c2ccccc2Cl)n1. The minimum atomic E-state index is -0.247. The van der Waals surface area contributed by atoms with Crippen LogP contribution in [-0.4, -0.2) is 31.7 Å². The van der Waals surface area contributed by atoms with Gasteiger partial charge in [0.05, 0.1) is 5.02 Å². The van der Waals surface area contributed by atoms with Crippen LogP contribution in [0.15, 0.2) is 24.3 Å². The molecule has 1 heterocycles. The molecule has 1 amide bonds. The van der Waals surface area contributed by atoms with Gasteiger partial charge in [-0.1, -0.05) is 30.7 Å². The summed E-state index contributed by atoms with van der Waals surface area (Å²) < 4.78 is 0. The summed E-state index contributed by atoms with van der Waals surface area (Å²) in [5, 5.41) is 15.5. The van der Waals surface area contributed by atoms with E-state index in [0.29, 0.717) is 16.4 Å². The van der Waals surface area contributed by atoms with E-state index in [-0.39, 0.29) is 18.0 Å². The zero-order chi connectivity index (χ0) is 15.5. The van der Waals surface area contributed by atoms with Crippen molar-refractivity contribution in [1.82, 2.24) is 25.5 Å². The first-order valence-corrected chi connectivity index (χ1v) is 7.13. The Hall–Kier alpha value is -1.95. The molecule has 0 aliphatic carbocycles. The summed E-state index contributed by atoms with van der Waals surface area (Å²) in [5.41, 5.74) is 0.447. The van der Waals surface area contributed by atoms with Gasteiger partial charge in [-0.25, -0.2) is 0 Å². The number of carbonyl (C=O) groups excluding carboxylic acids is 1. The van der Waals surface area contributed by atoms with Crippen molar-refractivity contribution in [2.24, 2.45) is 0 Å². The summed E-state index contributed by atoms with van der Waals surface area (Å²) in [6.45, 7) is 5.98. The average molecular weight is 308 g/mol. The van der Waals surface area contributed by atoms with Crippen molar-refractivity contribution in [2.75, 3.05) is 0 Å². The molecular weight excluding hydrogens is 290 g/mol. The van der Waals surface area contributed by atoms with E-state index in [1.54, 1.807) is 6.07 Å². The first-order chi connectivity index (χ1) is 9.91. The molecule has 6 nitrogen and oxygen atoms in total. The van der Waals surface area contributed by atoms with Crippen molar-refractivity contribution >= 4 is 17.5 Å². The van der Waals surface area contributed by atoms with Crippen molar-refractivity contribution in [3.8, 4) is 11.4 Å². The highest BCUT2D eigenvalue weighted by Gasteiger charge is 2.19. The number of halogens is 1. The lowest BCUT2D eigenvalue weighted by atomic mass is 10.0. The predicted molar refractivity (Wildman–Crippen MR) is 80.8 cm³/mol. The van der Waals surface area contributed by atoms with Crippen LogP contribution in [0.25, 0.3) is 11.4 Å². The number of tetrazole rings is 1. The lowest BCUT2D eigenvalue weighted by Crippen LogP contribution is -2.44. The summed E-state index contributed by atoms with van der Waals surface area (Å²) >= 11 is 6.08. The number of aromatic nitrogens is 4. The summed E-state index contributed by atoms with van der Waals surface area (Å²) in [6, 6.07) is 7.24. The molecule has 2 aromatic rings. The Kier molecular flexibility index (Phi) is 4.57. The predicted octanol–water partition coefficient (Wildman–Crippen LogP) is 2.30. The molecule has 7 heteroatoms. The number of amides is 1. The van der Waals surface area contributed by atoms with E-state index in [9.17, 15) is 4.79 Å². The van der Waals surface area contributed by atoms with Crippen LogP contribution in [0, 0.1) is 0 Å². The van der Waals surface area contributed by atoms with Crippen molar-refractivity contribution in [3.05, 3.63) is 29.3 Å². The number of rotatable bonds is 5. The quantitative estimate of drug-likeness (QED) is 0.920. The monoisotopic (exact) mass is 307 g/mol. The van der Waals surface area contributed by atoms with Gasteiger partial charge >= 0.3 is 0 Å². The van der Waals surface area contributed by atoms with Crippen LogP contribution in [0.3, 0.4) is 0 Å². The molecule has 0 bridgehead atoms. The number of nitrogens with one attached hydrogen (secondary N) is 1. The van der Waals surface area contributed by atoms with Gasteiger partial charge in [0.25, 0.3) is 0 Å². The molecule has 0 fully saturated rings. The van der Waals surface area contributed by atoms with Crippen LogP contribution in [0.4, 0.5) is 0 Å². The van der Waals surface area contributed by atoms with Gasteiger partial charge in [-0.15, -0.1) is 10.2 Å². The van der Waals surface area contributed by atoms with E-state index in [4.69, 9.17) is 11.6 Å². The third-order valence-electron chi connectivity index (χ3n) is 3.21. The van der Waals surface area contributed by atoms with Crippen molar-refractivity contribution < 1.29 is 4.79 Å². The highest BCUT2D eigenvalue weighted by atomic mass is 35.5.